The largest absolute Gasteiger partial charge is 0.349 e. The van der Waals surface area contributed by atoms with Crippen molar-refractivity contribution in [3.8, 4) is 0 Å². The molecule has 2 aliphatic rings. The van der Waals surface area contributed by atoms with E-state index in [1.54, 1.807) is 12.1 Å². The lowest BCUT2D eigenvalue weighted by molar-refractivity contribution is 0.0910. The second-order valence-electron chi connectivity index (χ2n) is 6.77. The van der Waals surface area contributed by atoms with E-state index in [1.165, 1.54) is 18.6 Å². The van der Waals surface area contributed by atoms with Gasteiger partial charge in [0.05, 0.1) is 4.90 Å². The molecular formula is C17H24N2O3S. The molecule has 2 atom stereocenters. The Hall–Kier alpha value is -1.40. The monoisotopic (exact) mass is 336 g/mol. The average molecular weight is 336 g/mol. The van der Waals surface area contributed by atoms with Crippen LogP contribution >= 0.6 is 0 Å². The summed E-state index contributed by atoms with van der Waals surface area (Å²) < 4.78 is 27.2. The maximum absolute atomic E-state index is 12.4. The fourth-order valence-electron chi connectivity index (χ4n) is 3.08. The smallest absolute Gasteiger partial charge is 0.251 e. The lowest BCUT2D eigenvalue weighted by Gasteiger charge is -2.29. The van der Waals surface area contributed by atoms with Gasteiger partial charge in [0.15, 0.2) is 0 Å². The Morgan fingerprint density at radius 3 is 2.57 bits per heavy atom. The van der Waals surface area contributed by atoms with Crippen molar-refractivity contribution in [2.45, 2.75) is 62.4 Å². The SMILES string of the molecule is C[C@@H]1CCCC[C@H]1NC(=O)c1cccc(S(=O)(=O)NC2CC2)c1. The molecule has 2 aliphatic carbocycles. The van der Waals surface area contributed by atoms with E-state index in [-0.39, 0.29) is 22.9 Å². The van der Waals surface area contributed by atoms with Crippen molar-refractivity contribution in [3.05, 3.63) is 29.8 Å². The first-order chi connectivity index (χ1) is 11.0. The Morgan fingerprint density at radius 2 is 1.87 bits per heavy atom. The Balaban J connectivity index is 1.72. The maximum Gasteiger partial charge on any atom is 0.251 e. The number of amides is 1. The molecule has 0 aromatic heterocycles. The van der Waals surface area contributed by atoms with Gasteiger partial charge in [0.1, 0.15) is 0 Å². The van der Waals surface area contributed by atoms with Gasteiger partial charge in [0.25, 0.3) is 5.91 Å². The number of sulfonamides is 1. The van der Waals surface area contributed by atoms with Crippen molar-refractivity contribution in [2.75, 3.05) is 0 Å². The molecule has 0 radical (unpaired) electrons. The highest BCUT2D eigenvalue weighted by Gasteiger charge is 2.28. The number of carbonyl (C=O) groups is 1. The van der Waals surface area contributed by atoms with Crippen LogP contribution in [0.2, 0.25) is 0 Å². The third-order valence-corrected chi connectivity index (χ3v) is 6.25. The average Bonchev–Trinajstić information content (AvgIpc) is 3.33. The van der Waals surface area contributed by atoms with Crippen LogP contribution in [0.15, 0.2) is 29.2 Å². The standard InChI is InChI=1S/C17H24N2O3S/c1-12-5-2-3-8-16(12)18-17(20)13-6-4-7-15(11-13)23(21,22)19-14-9-10-14/h4,6-7,11-12,14,16,19H,2-3,5,8-10H2,1H3,(H,18,20)/t12-,16-/m1/s1. The fraction of sp³-hybridized carbons (Fsp3) is 0.588. The molecule has 1 aromatic rings. The molecule has 5 nitrogen and oxygen atoms in total. The lowest BCUT2D eigenvalue weighted by Crippen LogP contribution is -2.41. The second-order valence-corrected chi connectivity index (χ2v) is 8.48. The molecule has 0 aliphatic heterocycles. The molecule has 6 heteroatoms. The van der Waals surface area contributed by atoms with Gasteiger partial charge in [-0.3, -0.25) is 4.79 Å². The van der Waals surface area contributed by atoms with E-state index >= 15 is 0 Å². The van der Waals surface area contributed by atoms with E-state index in [2.05, 4.69) is 17.0 Å². The number of rotatable bonds is 5. The van der Waals surface area contributed by atoms with Crippen molar-refractivity contribution in [3.63, 3.8) is 0 Å². The van der Waals surface area contributed by atoms with Gasteiger partial charge < -0.3 is 5.32 Å². The second kappa shape index (κ2) is 6.61. The Morgan fingerprint density at radius 1 is 1.13 bits per heavy atom. The van der Waals surface area contributed by atoms with Crippen LogP contribution < -0.4 is 10.0 Å². The van der Waals surface area contributed by atoms with E-state index in [0.29, 0.717) is 11.5 Å². The maximum atomic E-state index is 12.4. The summed E-state index contributed by atoms with van der Waals surface area (Å²) in [6.07, 6.45) is 6.25. The topological polar surface area (TPSA) is 75.3 Å². The summed E-state index contributed by atoms with van der Waals surface area (Å²) in [5.41, 5.74) is 0.404. The highest BCUT2D eigenvalue weighted by atomic mass is 32.2. The first-order valence-electron chi connectivity index (χ1n) is 8.39. The minimum absolute atomic E-state index is 0.0561. The number of hydrogen-bond donors (Lipinski definition) is 2. The Labute approximate surface area is 137 Å². The number of carbonyl (C=O) groups excluding carboxylic acids is 1. The summed E-state index contributed by atoms with van der Waals surface area (Å²) in [5.74, 6) is 0.281. The Bertz CT molecular complexity index is 683. The Kier molecular flexibility index (Phi) is 4.73. The van der Waals surface area contributed by atoms with Gasteiger partial charge in [-0.25, -0.2) is 13.1 Å². The van der Waals surface area contributed by atoms with Crippen molar-refractivity contribution in [1.82, 2.24) is 10.0 Å². The van der Waals surface area contributed by atoms with E-state index in [9.17, 15) is 13.2 Å². The molecule has 23 heavy (non-hydrogen) atoms. The van der Waals surface area contributed by atoms with Crippen molar-refractivity contribution < 1.29 is 13.2 Å². The minimum atomic E-state index is -3.53. The van der Waals surface area contributed by atoms with Gasteiger partial charge in [-0.05, 0) is 49.8 Å². The highest BCUT2D eigenvalue weighted by molar-refractivity contribution is 7.89. The molecule has 1 aromatic carbocycles. The third kappa shape index (κ3) is 4.12. The molecule has 2 fully saturated rings. The van der Waals surface area contributed by atoms with Gasteiger partial charge >= 0.3 is 0 Å². The number of benzene rings is 1. The highest BCUT2D eigenvalue weighted by Crippen LogP contribution is 2.25. The van der Waals surface area contributed by atoms with Gasteiger partial charge in [-0.15, -0.1) is 0 Å². The molecule has 3 rings (SSSR count). The fourth-order valence-corrected chi connectivity index (χ4v) is 4.43. The van der Waals surface area contributed by atoms with E-state index in [0.717, 1.165) is 32.1 Å². The minimum Gasteiger partial charge on any atom is -0.349 e. The van der Waals surface area contributed by atoms with Gasteiger partial charge in [-0.1, -0.05) is 25.8 Å². The van der Waals surface area contributed by atoms with Crippen molar-refractivity contribution in [2.24, 2.45) is 5.92 Å². The number of nitrogens with one attached hydrogen (secondary N) is 2. The summed E-state index contributed by atoms with van der Waals surface area (Å²) in [4.78, 5) is 12.6. The van der Waals surface area contributed by atoms with Crippen molar-refractivity contribution in [1.29, 1.82) is 0 Å². The molecule has 0 heterocycles. The lowest BCUT2D eigenvalue weighted by atomic mass is 9.86. The first-order valence-corrected chi connectivity index (χ1v) is 9.87. The summed E-state index contributed by atoms with van der Waals surface area (Å²) >= 11 is 0. The van der Waals surface area contributed by atoms with Gasteiger partial charge in [0.2, 0.25) is 10.0 Å². The first kappa shape index (κ1) is 16.5. The molecule has 0 saturated heterocycles. The van der Waals surface area contributed by atoms with Gasteiger partial charge in [0, 0.05) is 17.6 Å². The van der Waals surface area contributed by atoms with Gasteiger partial charge in [-0.2, -0.15) is 0 Å². The molecule has 126 valence electrons. The quantitative estimate of drug-likeness (QED) is 0.867. The summed E-state index contributed by atoms with van der Waals surface area (Å²) in [6, 6.07) is 6.53. The van der Waals surface area contributed by atoms with Crippen LogP contribution in [0.25, 0.3) is 0 Å². The van der Waals surface area contributed by atoms with Crippen LogP contribution in [0, 0.1) is 5.92 Å². The molecule has 0 unspecified atom stereocenters. The van der Waals surface area contributed by atoms with Crippen LogP contribution in [0.1, 0.15) is 55.8 Å². The van der Waals surface area contributed by atoms with Crippen LogP contribution in [-0.4, -0.2) is 26.4 Å². The van der Waals surface area contributed by atoms with Crippen LogP contribution in [0.5, 0.6) is 0 Å². The summed E-state index contributed by atoms with van der Waals surface area (Å²) in [7, 11) is -3.53. The predicted molar refractivity (Wildman–Crippen MR) is 88.7 cm³/mol. The normalized spacial score (nSPS) is 25.1. The van der Waals surface area contributed by atoms with Crippen LogP contribution in [0.3, 0.4) is 0 Å². The summed E-state index contributed by atoms with van der Waals surface area (Å²) in [6.45, 7) is 2.16. The van der Waals surface area contributed by atoms with Crippen molar-refractivity contribution >= 4 is 15.9 Å². The number of hydrogen-bond acceptors (Lipinski definition) is 3. The zero-order valence-electron chi connectivity index (χ0n) is 13.4. The van der Waals surface area contributed by atoms with E-state index in [1.807, 2.05) is 0 Å². The zero-order chi connectivity index (χ0) is 16.4. The molecule has 2 N–H and O–H groups in total. The molecule has 0 bridgehead atoms. The predicted octanol–water partition coefficient (Wildman–Crippen LogP) is 2.44. The molecule has 2 saturated carbocycles. The third-order valence-electron chi connectivity index (χ3n) is 4.73. The zero-order valence-corrected chi connectivity index (χ0v) is 14.2. The molecule has 0 spiro atoms. The van der Waals surface area contributed by atoms with Crippen LogP contribution in [-0.2, 0) is 10.0 Å². The van der Waals surface area contributed by atoms with E-state index in [4.69, 9.17) is 0 Å². The molecule has 1 amide bonds. The van der Waals surface area contributed by atoms with Crippen LogP contribution in [0.4, 0.5) is 0 Å². The van der Waals surface area contributed by atoms with E-state index < -0.39 is 10.0 Å². The summed E-state index contributed by atoms with van der Waals surface area (Å²) in [5, 5.41) is 3.06. The molecular weight excluding hydrogens is 312 g/mol.